The normalized spacial score (nSPS) is 11.1. The predicted octanol–water partition coefficient (Wildman–Crippen LogP) is 2.36. The maximum atomic E-state index is 8.87. The number of thiazole rings is 1. The minimum atomic E-state index is 0.214. The van der Waals surface area contributed by atoms with E-state index < -0.39 is 0 Å². The standard InChI is InChI=1S/C11H13NOS2/c1-2-14-11-12-9-7-8(5-6-13)3-4-10(9)15-11/h3-4,7,13H,2,5-6H2,1H3/p+1. The van der Waals surface area contributed by atoms with E-state index in [9.17, 15) is 0 Å². The summed E-state index contributed by atoms with van der Waals surface area (Å²) >= 11 is 3.63. The zero-order chi connectivity index (χ0) is 10.7. The summed E-state index contributed by atoms with van der Waals surface area (Å²) in [6, 6.07) is 6.34. The number of aliphatic hydroxyl groups excluding tert-OH is 1. The summed E-state index contributed by atoms with van der Waals surface area (Å²) in [5, 5.41) is 8.87. The zero-order valence-electron chi connectivity index (χ0n) is 8.62. The number of H-pyrrole nitrogens is 1. The highest BCUT2D eigenvalue weighted by Gasteiger charge is 2.10. The number of fused-ring (bicyclic) bond motifs is 1. The van der Waals surface area contributed by atoms with Gasteiger partial charge in [-0.25, -0.2) is 0 Å². The molecule has 2 rings (SSSR count). The van der Waals surface area contributed by atoms with Crippen LogP contribution in [-0.4, -0.2) is 17.5 Å². The highest BCUT2D eigenvalue weighted by Crippen LogP contribution is 2.26. The molecule has 0 bridgehead atoms. The molecule has 0 saturated carbocycles. The van der Waals surface area contributed by atoms with Crippen molar-refractivity contribution in [1.29, 1.82) is 0 Å². The Morgan fingerprint density at radius 1 is 1.47 bits per heavy atom. The van der Waals surface area contributed by atoms with E-state index >= 15 is 0 Å². The molecule has 1 aromatic carbocycles. The Morgan fingerprint density at radius 3 is 3.07 bits per heavy atom. The largest absolute Gasteiger partial charge is 0.396 e. The molecule has 4 heteroatoms. The lowest BCUT2D eigenvalue weighted by molar-refractivity contribution is -0.385. The summed E-state index contributed by atoms with van der Waals surface area (Å²) in [5.74, 6) is 1.09. The second-order valence-electron chi connectivity index (χ2n) is 3.25. The predicted molar refractivity (Wildman–Crippen MR) is 65.6 cm³/mol. The maximum absolute atomic E-state index is 8.87. The second kappa shape index (κ2) is 4.96. The first kappa shape index (κ1) is 10.9. The van der Waals surface area contributed by atoms with Gasteiger partial charge in [0.05, 0.1) is 0 Å². The first-order valence-electron chi connectivity index (χ1n) is 5.02. The number of hydrogen-bond acceptors (Lipinski definition) is 3. The van der Waals surface area contributed by atoms with Crippen molar-refractivity contribution < 1.29 is 10.1 Å². The van der Waals surface area contributed by atoms with Gasteiger partial charge in [0.25, 0.3) is 4.34 Å². The molecule has 15 heavy (non-hydrogen) atoms. The Kier molecular flexibility index (Phi) is 3.61. The van der Waals surface area contributed by atoms with Gasteiger partial charge in [0.2, 0.25) is 5.52 Å². The number of aromatic amines is 1. The van der Waals surface area contributed by atoms with Gasteiger partial charge in [0.1, 0.15) is 4.70 Å². The molecule has 2 aromatic rings. The van der Waals surface area contributed by atoms with Gasteiger partial charge in [-0.1, -0.05) is 24.3 Å². The van der Waals surface area contributed by atoms with E-state index in [1.54, 1.807) is 11.3 Å². The van der Waals surface area contributed by atoms with Crippen LogP contribution in [0.3, 0.4) is 0 Å². The molecule has 0 amide bonds. The monoisotopic (exact) mass is 240 g/mol. The number of aromatic nitrogens is 1. The fourth-order valence-electron chi connectivity index (χ4n) is 1.48. The highest BCUT2D eigenvalue weighted by molar-refractivity contribution is 8.00. The Balaban J connectivity index is 2.34. The van der Waals surface area contributed by atoms with Crippen molar-refractivity contribution in [2.24, 2.45) is 0 Å². The van der Waals surface area contributed by atoms with Crippen LogP contribution in [0.1, 0.15) is 12.5 Å². The lowest BCUT2D eigenvalue weighted by atomic mass is 10.1. The summed E-state index contributed by atoms with van der Waals surface area (Å²) in [6.07, 6.45) is 0.732. The molecule has 1 aromatic heterocycles. The van der Waals surface area contributed by atoms with Crippen molar-refractivity contribution in [2.45, 2.75) is 17.7 Å². The van der Waals surface area contributed by atoms with E-state index in [-0.39, 0.29) is 6.61 Å². The van der Waals surface area contributed by atoms with Gasteiger partial charge < -0.3 is 5.11 Å². The average Bonchev–Trinajstić information content (AvgIpc) is 2.60. The fourth-order valence-corrected chi connectivity index (χ4v) is 3.50. The van der Waals surface area contributed by atoms with Crippen LogP contribution in [0.2, 0.25) is 0 Å². The number of thioether (sulfide) groups is 1. The van der Waals surface area contributed by atoms with Gasteiger partial charge in [-0.2, -0.15) is 4.98 Å². The first-order chi connectivity index (χ1) is 7.33. The Morgan fingerprint density at radius 2 is 2.33 bits per heavy atom. The fraction of sp³-hybridized carbons (Fsp3) is 0.364. The van der Waals surface area contributed by atoms with Crippen molar-refractivity contribution in [3.8, 4) is 0 Å². The van der Waals surface area contributed by atoms with Gasteiger partial charge in [-0.05, 0) is 29.8 Å². The second-order valence-corrected chi connectivity index (χ2v) is 5.84. The van der Waals surface area contributed by atoms with Crippen LogP contribution in [-0.2, 0) is 6.42 Å². The van der Waals surface area contributed by atoms with Crippen LogP contribution in [0, 0.1) is 0 Å². The molecule has 0 spiro atoms. The summed E-state index contributed by atoms with van der Waals surface area (Å²) in [7, 11) is 0. The van der Waals surface area contributed by atoms with Crippen molar-refractivity contribution in [3.05, 3.63) is 23.8 Å². The number of benzene rings is 1. The molecular weight excluding hydrogens is 226 g/mol. The van der Waals surface area contributed by atoms with Gasteiger partial charge in [-0.3, -0.25) is 0 Å². The zero-order valence-corrected chi connectivity index (χ0v) is 10.3. The Bertz CT molecular complexity index is 449. The lowest BCUT2D eigenvalue weighted by Crippen LogP contribution is -2.00. The SMILES string of the molecule is CCSc1[nH+]c2cc(CCO)ccc2s1. The summed E-state index contributed by atoms with van der Waals surface area (Å²) in [4.78, 5) is 3.40. The minimum absolute atomic E-state index is 0.214. The topological polar surface area (TPSA) is 34.4 Å². The third-order valence-corrected chi connectivity index (χ3v) is 4.28. The smallest absolute Gasteiger partial charge is 0.296 e. The quantitative estimate of drug-likeness (QED) is 0.833. The maximum Gasteiger partial charge on any atom is 0.296 e. The summed E-state index contributed by atoms with van der Waals surface area (Å²) in [5.41, 5.74) is 2.37. The van der Waals surface area contributed by atoms with E-state index in [1.807, 2.05) is 11.8 Å². The molecule has 0 aliphatic rings. The number of hydrogen-bond donors (Lipinski definition) is 1. The third kappa shape index (κ3) is 2.51. The van der Waals surface area contributed by atoms with Crippen molar-refractivity contribution in [1.82, 2.24) is 0 Å². The molecule has 0 atom stereocenters. The van der Waals surface area contributed by atoms with Crippen LogP contribution in [0.5, 0.6) is 0 Å². The van der Waals surface area contributed by atoms with Crippen molar-refractivity contribution >= 4 is 33.3 Å². The Hall–Kier alpha value is -0.580. The van der Waals surface area contributed by atoms with E-state index in [0.29, 0.717) is 0 Å². The molecule has 0 saturated heterocycles. The van der Waals surface area contributed by atoms with Crippen LogP contribution in [0.15, 0.2) is 22.5 Å². The summed E-state index contributed by atoms with van der Waals surface area (Å²) in [6.45, 7) is 2.37. The first-order valence-corrected chi connectivity index (χ1v) is 6.82. The van der Waals surface area contributed by atoms with Gasteiger partial charge in [0.15, 0.2) is 0 Å². The number of rotatable bonds is 4. The molecule has 2 nitrogen and oxygen atoms in total. The average molecular weight is 240 g/mol. The van der Waals surface area contributed by atoms with Crippen molar-refractivity contribution in [2.75, 3.05) is 12.4 Å². The number of nitrogens with one attached hydrogen (secondary N) is 1. The van der Waals surface area contributed by atoms with E-state index in [1.165, 1.54) is 20.1 Å². The summed E-state index contributed by atoms with van der Waals surface area (Å²) < 4.78 is 2.54. The molecule has 80 valence electrons. The van der Waals surface area contributed by atoms with Gasteiger partial charge in [0, 0.05) is 18.4 Å². The van der Waals surface area contributed by atoms with Crippen LogP contribution in [0.4, 0.5) is 0 Å². The van der Waals surface area contributed by atoms with Crippen LogP contribution in [0.25, 0.3) is 10.2 Å². The Labute approximate surface area is 97.4 Å². The van der Waals surface area contributed by atoms with Gasteiger partial charge >= 0.3 is 0 Å². The van der Waals surface area contributed by atoms with Crippen LogP contribution >= 0.6 is 23.1 Å². The van der Waals surface area contributed by atoms with Crippen LogP contribution < -0.4 is 4.98 Å². The molecule has 0 unspecified atom stereocenters. The molecule has 0 aliphatic heterocycles. The van der Waals surface area contributed by atoms with Gasteiger partial charge in [-0.15, -0.1) is 0 Å². The van der Waals surface area contributed by atoms with E-state index in [2.05, 4.69) is 30.1 Å². The lowest BCUT2D eigenvalue weighted by Gasteiger charge is -1.93. The van der Waals surface area contributed by atoms with Crippen molar-refractivity contribution in [3.63, 3.8) is 0 Å². The molecular formula is C11H14NOS2+. The molecule has 0 aliphatic carbocycles. The minimum Gasteiger partial charge on any atom is -0.396 e. The van der Waals surface area contributed by atoms with E-state index in [0.717, 1.165) is 12.2 Å². The highest BCUT2D eigenvalue weighted by atomic mass is 32.2. The number of aliphatic hydroxyl groups is 1. The third-order valence-electron chi connectivity index (χ3n) is 2.16. The van der Waals surface area contributed by atoms with E-state index in [4.69, 9.17) is 5.11 Å². The molecule has 2 N–H and O–H groups in total. The molecule has 0 radical (unpaired) electrons. The molecule has 0 fully saturated rings. The molecule has 1 heterocycles.